The zero-order chi connectivity index (χ0) is 12.4. The molecule has 0 saturated carbocycles. The van der Waals surface area contributed by atoms with Crippen LogP contribution in [-0.2, 0) is 0 Å². The second kappa shape index (κ2) is 4.54. The third-order valence-electron chi connectivity index (χ3n) is 2.01. The smallest absolute Gasteiger partial charge is 0.224 e. The van der Waals surface area contributed by atoms with Crippen LogP contribution < -0.4 is 5.73 Å². The molecule has 88 valence electrons. The largest absolute Gasteiger partial charge is 0.507 e. The van der Waals surface area contributed by atoms with Crippen molar-refractivity contribution in [3.63, 3.8) is 0 Å². The lowest BCUT2D eigenvalue weighted by Crippen LogP contribution is -2.01. The van der Waals surface area contributed by atoms with Crippen LogP contribution in [-0.4, -0.2) is 26.3 Å². The molecule has 0 saturated heterocycles. The third-order valence-corrected chi connectivity index (χ3v) is 2.56. The highest BCUT2D eigenvalue weighted by molar-refractivity contribution is 7.98. The molecule has 5 nitrogen and oxygen atoms in total. The number of nitrogens with two attached hydrogens (primary N) is 1. The van der Waals surface area contributed by atoms with E-state index in [1.807, 2.05) is 0 Å². The second-order valence-electron chi connectivity index (χ2n) is 3.17. The first kappa shape index (κ1) is 11.6. The molecule has 0 spiro atoms. The fourth-order valence-corrected chi connectivity index (χ4v) is 1.63. The summed E-state index contributed by atoms with van der Waals surface area (Å²) in [7, 11) is 0. The Morgan fingerprint density at radius 3 is 2.76 bits per heavy atom. The van der Waals surface area contributed by atoms with E-state index >= 15 is 0 Å². The zero-order valence-electron chi connectivity index (χ0n) is 8.88. The van der Waals surface area contributed by atoms with Crippen LogP contribution in [0.5, 0.6) is 5.75 Å². The number of anilines is 1. The van der Waals surface area contributed by atoms with E-state index in [1.54, 1.807) is 6.26 Å². The minimum absolute atomic E-state index is 0.0306. The molecular weight excluding hydrogens is 243 g/mol. The van der Waals surface area contributed by atoms with Crippen LogP contribution in [0.1, 0.15) is 0 Å². The van der Waals surface area contributed by atoms with Gasteiger partial charge in [-0.1, -0.05) is 11.8 Å². The number of hydrogen-bond acceptors (Lipinski definition) is 6. The fourth-order valence-electron chi connectivity index (χ4n) is 1.27. The molecule has 1 aromatic heterocycles. The minimum Gasteiger partial charge on any atom is -0.507 e. The Balaban J connectivity index is 2.59. The Morgan fingerprint density at radius 2 is 2.06 bits per heavy atom. The fraction of sp³-hybridized carbons (Fsp3) is 0.100. The van der Waals surface area contributed by atoms with Gasteiger partial charge in [0.25, 0.3) is 0 Å². The maximum atomic E-state index is 13.1. The molecule has 0 aliphatic carbocycles. The van der Waals surface area contributed by atoms with Crippen LogP contribution in [0.15, 0.2) is 23.4 Å². The van der Waals surface area contributed by atoms with E-state index in [2.05, 4.69) is 15.0 Å². The van der Waals surface area contributed by atoms with Crippen molar-refractivity contribution in [2.75, 3.05) is 12.0 Å². The molecule has 0 bridgehead atoms. The standard InChI is InChI=1S/C10H9FN4OS/c1-17-10-14-8(13-9(12)15-10)6-4-5(11)2-3-7(6)16/h2-4,16H,1H3,(H2,12,13,14,15). The lowest BCUT2D eigenvalue weighted by molar-refractivity contribution is 0.474. The van der Waals surface area contributed by atoms with Crippen LogP contribution >= 0.6 is 11.8 Å². The predicted octanol–water partition coefficient (Wildman–Crippen LogP) is 1.69. The highest BCUT2D eigenvalue weighted by Crippen LogP contribution is 2.28. The molecule has 0 fully saturated rings. The van der Waals surface area contributed by atoms with Gasteiger partial charge in [-0.3, -0.25) is 0 Å². The average Bonchev–Trinajstić information content (AvgIpc) is 2.31. The first-order valence-electron chi connectivity index (χ1n) is 4.64. The van der Waals surface area contributed by atoms with Gasteiger partial charge >= 0.3 is 0 Å². The molecule has 17 heavy (non-hydrogen) atoms. The van der Waals surface area contributed by atoms with Gasteiger partial charge in [-0.05, 0) is 24.5 Å². The van der Waals surface area contributed by atoms with Crippen LogP contribution in [0.4, 0.5) is 10.3 Å². The van der Waals surface area contributed by atoms with Crippen molar-refractivity contribution < 1.29 is 9.50 Å². The number of nitrogens with zero attached hydrogens (tertiary/aromatic N) is 3. The van der Waals surface area contributed by atoms with Gasteiger partial charge in [0, 0.05) is 0 Å². The Hall–Kier alpha value is -1.89. The number of benzene rings is 1. The quantitative estimate of drug-likeness (QED) is 0.791. The molecule has 2 rings (SSSR count). The average molecular weight is 252 g/mol. The Morgan fingerprint density at radius 1 is 1.29 bits per heavy atom. The summed E-state index contributed by atoms with van der Waals surface area (Å²) in [5, 5.41) is 10.0. The predicted molar refractivity (Wildman–Crippen MR) is 63.1 cm³/mol. The molecule has 0 atom stereocenters. The number of aromatic hydroxyl groups is 1. The van der Waals surface area contributed by atoms with E-state index in [0.29, 0.717) is 5.16 Å². The monoisotopic (exact) mass is 252 g/mol. The summed E-state index contributed by atoms with van der Waals surface area (Å²) in [4.78, 5) is 11.8. The molecular formula is C10H9FN4OS. The summed E-state index contributed by atoms with van der Waals surface area (Å²) in [6.07, 6.45) is 1.78. The van der Waals surface area contributed by atoms with Gasteiger partial charge < -0.3 is 10.8 Å². The Labute approximate surface area is 101 Å². The van der Waals surface area contributed by atoms with E-state index in [0.717, 1.165) is 12.1 Å². The second-order valence-corrected chi connectivity index (χ2v) is 3.94. The molecule has 2 aromatic rings. The van der Waals surface area contributed by atoms with Crippen LogP contribution in [0.2, 0.25) is 0 Å². The van der Waals surface area contributed by atoms with Gasteiger partial charge in [-0.25, -0.2) is 9.37 Å². The van der Waals surface area contributed by atoms with E-state index in [9.17, 15) is 9.50 Å². The van der Waals surface area contributed by atoms with Gasteiger partial charge in [-0.2, -0.15) is 9.97 Å². The molecule has 1 aromatic carbocycles. The van der Waals surface area contributed by atoms with Gasteiger partial charge in [0.15, 0.2) is 11.0 Å². The number of aromatic nitrogens is 3. The van der Waals surface area contributed by atoms with Gasteiger partial charge in [-0.15, -0.1) is 0 Å². The summed E-state index contributed by atoms with van der Waals surface area (Å²) in [6, 6.07) is 3.54. The van der Waals surface area contributed by atoms with Crippen LogP contribution in [0.3, 0.4) is 0 Å². The van der Waals surface area contributed by atoms with Crippen molar-refractivity contribution in [3.8, 4) is 17.1 Å². The number of rotatable bonds is 2. The van der Waals surface area contributed by atoms with Crippen LogP contribution in [0, 0.1) is 5.82 Å². The molecule has 0 unspecified atom stereocenters. The van der Waals surface area contributed by atoms with Crippen molar-refractivity contribution in [1.29, 1.82) is 0 Å². The number of nitrogen functional groups attached to an aromatic ring is 1. The lowest BCUT2D eigenvalue weighted by atomic mass is 10.2. The van der Waals surface area contributed by atoms with Crippen molar-refractivity contribution >= 4 is 17.7 Å². The molecule has 7 heteroatoms. The maximum Gasteiger partial charge on any atom is 0.224 e. The number of thioether (sulfide) groups is 1. The molecule has 0 radical (unpaired) electrons. The highest BCUT2D eigenvalue weighted by Gasteiger charge is 2.11. The van der Waals surface area contributed by atoms with Crippen molar-refractivity contribution in [1.82, 2.24) is 15.0 Å². The summed E-state index contributed by atoms with van der Waals surface area (Å²) >= 11 is 1.28. The third kappa shape index (κ3) is 2.44. The van der Waals surface area contributed by atoms with E-state index in [4.69, 9.17) is 5.73 Å². The molecule has 3 N–H and O–H groups in total. The van der Waals surface area contributed by atoms with E-state index in [1.165, 1.54) is 17.8 Å². The van der Waals surface area contributed by atoms with Gasteiger partial charge in [0.05, 0.1) is 5.56 Å². The molecule has 1 heterocycles. The Bertz CT molecular complexity index is 564. The van der Waals surface area contributed by atoms with Crippen molar-refractivity contribution in [2.45, 2.75) is 5.16 Å². The highest BCUT2D eigenvalue weighted by atomic mass is 32.2. The number of halogens is 1. The van der Waals surface area contributed by atoms with E-state index < -0.39 is 5.82 Å². The summed E-state index contributed by atoms with van der Waals surface area (Å²) in [5.41, 5.74) is 5.70. The van der Waals surface area contributed by atoms with Crippen molar-refractivity contribution in [2.24, 2.45) is 0 Å². The minimum atomic E-state index is -0.484. The number of hydrogen-bond donors (Lipinski definition) is 2. The molecule has 0 aliphatic heterocycles. The van der Waals surface area contributed by atoms with Crippen LogP contribution in [0.25, 0.3) is 11.4 Å². The SMILES string of the molecule is CSc1nc(N)nc(-c2cc(F)ccc2O)n1. The summed E-state index contributed by atoms with van der Waals surface area (Å²) < 4.78 is 13.1. The first-order valence-corrected chi connectivity index (χ1v) is 5.87. The number of phenols is 1. The molecule has 0 amide bonds. The number of phenolic OH excluding ortho intramolecular Hbond substituents is 1. The maximum absolute atomic E-state index is 13.1. The van der Waals surface area contributed by atoms with Gasteiger partial charge in [0.2, 0.25) is 5.95 Å². The van der Waals surface area contributed by atoms with Crippen molar-refractivity contribution in [3.05, 3.63) is 24.0 Å². The zero-order valence-corrected chi connectivity index (χ0v) is 9.70. The summed E-state index contributed by atoms with van der Waals surface area (Å²) in [5.74, 6) is -0.409. The molecule has 0 aliphatic rings. The topological polar surface area (TPSA) is 84.9 Å². The summed E-state index contributed by atoms with van der Waals surface area (Å²) in [6.45, 7) is 0. The Kier molecular flexibility index (Phi) is 3.10. The lowest BCUT2D eigenvalue weighted by Gasteiger charge is -2.05. The normalized spacial score (nSPS) is 10.5. The first-order chi connectivity index (χ1) is 8.10. The van der Waals surface area contributed by atoms with E-state index in [-0.39, 0.29) is 23.1 Å². The van der Waals surface area contributed by atoms with Gasteiger partial charge in [0.1, 0.15) is 11.6 Å².